The summed E-state index contributed by atoms with van der Waals surface area (Å²) in [7, 11) is 0. The minimum absolute atomic E-state index is 0.124. The Balaban J connectivity index is 2.02. The molecule has 84 valence electrons. The van der Waals surface area contributed by atoms with Gasteiger partial charge in [-0.3, -0.25) is 0 Å². The molecule has 0 aliphatic carbocycles. The molecule has 0 radical (unpaired) electrons. The van der Waals surface area contributed by atoms with E-state index in [0.717, 1.165) is 11.5 Å². The van der Waals surface area contributed by atoms with Gasteiger partial charge in [0.05, 0.1) is 11.6 Å². The van der Waals surface area contributed by atoms with E-state index < -0.39 is 5.82 Å². The van der Waals surface area contributed by atoms with E-state index in [0.29, 0.717) is 12.2 Å². The third kappa shape index (κ3) is 2.55. The Kier molecular flexibility index (Phi) is 3.15. The summed E-state index contributed by atoms with van der Waals surface area (Å²) >= 11 is 5.58. The maximum atomic E-state index is 13.1. The van der Waals surface area contributed by atoms with E-state index in [1.54, 1.807) is 6.07 Å². The average Bonchev–Trinajstić information content (AvgIpc) is 2.66. The molecule has 2 rings (SSSR count). The molecule has 0 saturated heterocycles. The van der Waals surface area contributed by atoms with Crippen molar-refractivity contribution in [2.45, 2.75) is 13.5 Å². The van der Waals surface area contributed by atoms with Crippen molar-refractivity contribution in [3.63, 3.8) is 0 Å². The van der Waals surface area contributed by atoms with Gasteiger partial charge >= 0.3 is 0 Å². The Morgan fingerprint density at radius 1 is 1.31 bits per heavy atom. The summed E-state index contributed by atoms with van der Waals surface area (Å²) in [5, 5.41) is 3.17. The lowest BCUT2D eigenvalue weighted by Crippen LogP contribution is -1.98. The van der Waals surface area contributed by atoms with Crippen LogP contribution in [-0.2, 0) is 6.54 Å². The van der Waals surface area contributed by atoms with Crippen molar-refractivity contribution < 1.29 is 8.81 Å². The molecule has 0 aliphatic rings. The van der Waals surface area contributed by atoms with Gasteiger partial charge in [0, 0.05) is 5.69 Å². The van der Waals surface area contributed by atoms with Crippen molar-refractivity contribution in [1.29, 1.82) is 0 Å². The first-order valence-electron chi connectivity index (χ1n) is 4.89. The second-order valence-corrected chi connectivity index (χ2v) is 3.90. The molecule has 0 saturated carbocycles. The molecule has 0 unspecified atom stereocenters. The van der Waals surface area contributed by atoms with Crippen LogP contribution >= 0.6 is 11.6 Å². The van der Waals surface area contributed by atoms with Gasteiger partial charge < -0.3 is 9.73 Å². The molecular weight excluding hydrogens is 229 g/mol. The Morgan fingerprint density at radius 2 is 2.12 bits per heavy atom. The van der Waals surface area contributed by atoms with Gasteiger partial charge in [-0.05, 0) is 37.3 Å². The Morgan fingerprint density at radius 3 is 2.75 bits per heavy atom. The van der Waals surface area contributed by atoms with Crippen LogP contribution in [0.4, 0.5) is 10.1 Å². The highest BCUT2D eigenvalue weighted by Gasteiger charge is 2.02. The van der Waals surface area contributed by atoms with Gasteiger partial charge in [0.25, 0.3) is 0 Å². The first-order valence-corrected chi connectivity index (χ1v) is 5.27. The van der Waals surface area contributed by atoms with E-state index in [2.05, 4.69) is 5.32 Å². The van der Waals surface area contributed by atoms with E-state index >= 15 is 0 Å². The molecule has 0 amide bonds. The lowest BCUT2D eigenvalue weighted by atomic mass is 10.3. The predicted octanol–water partition coefficient (Wildman–Crippen LogP) is 3.99. The topological polar surface area (TPSA) is 25.2 Å². The number of furan rings is 1. The minimum Gasteiger partial charge on any atom is -0.465 e. The van der Waals surface area contributed by atoms with Crippen LogP contribution in [0.15, 0.2) is 34.7 Å². The number of anilines is 1. The summed E-state index contributed by atoms with van der Waals surface area (Å²) in [5.41, 5.74) is 0.677. The first-order chi connectivity index (χ1) is 7.65. The van der Waals surface area contributed by atoms with Gasteiger partial charge in [0.2, 0.25) is 0 Å². The van der Waals surface area contributed by atoms with Crippen LogP contribution in [0.2, 0.25) is 5.02 Å². The van der Waals surface area contributed by atoms with E-state index in [9.17, 15) is 4.39 Å². The molecule has 2 aromatic rings. The quantitative estimate of drug-likeness (QED) is 0.876. The lowest BCUT2D eigenvalue weighted by molar-refractivity contribution is 0.490. The number of aryl methyl sites for hydroxylation is 1. The van der Waals surface area contributed by atoms with Gasteiger partial charge in [0.15, 0.2) is 0 Å². The van der Waals surface area contributed by atoms with Crippen LogP contribution in [0.5, 0.6) is 0 Å². The standard InChI is InChI=1S/C12H11ClFNO/c1-8-2-4-10(16-8)7-15-9-3-5-11(13)12(14)6-9/h2-6,15H,7H2,1H3. The fourth-order valence-corrected chi connectivity index (χ4v) is 1.49. The molecule has 2 nitrogen and oxygen atoms in total. The Bertz CT molecular complexity index is 496. The van der Waals surface area contributed by atoms with Gasteiger partial charge in [0.1, 0.15) is 17.3 Å². The average molecular weight is 240 g/mol. The summed E-state index contributed by atoms with van der Waals surface area (Å²) in [6, 6.07) is 8.38. The monoisotopic (exact) mass is 239 g/mol. The van der Waals surface area contributed by atoms with Crippen LogP contribution in [0, 0.1) is 12.7 Å². The van der Waals surface area contributed by atoms with Crippen LogP contribution in [0.3, 0.4) is 0 Å². The van der Waals surface area contributed by atoms with Crippen molar-refractivity contribution >= 4 is 17.3 Å². The SMILES string of the molecule is Cc1ccc(CNc2ccc(Cl)c(F)c2)o1. The van der Waals surface area contributed by atoms with Crippen LogP contribution in [0.1, 0.15) is 11.5 Å². The smallest absolute Gasteiger partial charge is 0.143 e. The van der Waals surface area contributed by atoms with Crippen molar-refractivity contribution in [3.05, 3.63) is 52.7 Å². The molecule has 1 aromatic heterocycles. The largest absolute Gasteiger partial charge is 0.465 e. The van der Waals surface area contributed by atoms with Gasteiger partial charge in [-0.15, -0.1) is 0 Å². The number of benzene rings is 1. The van der Waals surface area contributed by atoms with Gasteiger partial charge in [-0.1, -0.05) is 11.6 Å². The molecule has 0 fully saturated rings. The summed E-state index contributed by atoms with van der Waals surface area (Å²) in [6.07, 6.45) is 0. The molecule has 1 N–H and O–H groups in total. The fourth-order valence-electron chi connectivity index (χ4n) is 1.38. The normalized spacial score (nSPS) is 10.4. The zero-order chi connectivity index (χ0) is 11.5. The second kappa shape index (κ2) is 4.58. The van der Waals surface area contributed by atoms with Crippen molar-refractivity contribution in [3.8, 4) is 0 Å². The highest BCUT2D eigenvalue weighted by Crippen LogP contribution is 2.19. The van der Waals surface area contributed by atoms with Crippen molar-refractivity contribution in [2.24, 2.45) is 0 Å². The zero-order valence-electron chi connectivity index (χ0n) is 8.76. The van der Waals surface area contributed by atoms with Crippen LogP contribution < -0.4 is 5.32 Å². The van der Waals surface area contributed by atoms with Crippen LogP contribution in [0.25, 0.3) is 0 Å². The molecular formula is C12H11ClFNO. The van der Waals surface area contributed by atoms with E-state index in [1.165, 1.54) is 12.1 Å². The molecule has 0 atom stereocenters. The molecule has 4 heteroatoms. The molecule has 1 heterocycles. The Labute approximate surface area is 98.0 Å². The fraction of sp³-hybridized carbons (Fsp3) is 0.167. The second-order valence-electron chi connectivity index (χ2n) is 3.49. The van der Waals surface area contributed by atoms with Crippen molar-refractivity contribution in [1.82, 2.24) is 0 Å². The molecule has 0 spiro atoms. The highest BCUT2D eigenvalue weighted by molar-refractivity contribution is 6.30. The summed E-state index contributed by atoms with van der Waals surface area (Å²) in [5.74, 6) is 1.24. The highest BCUT2D eigenvalue weighted by atomic mass is 35.5. The maximum Gasteiger partial charge on any atom is 0.143 e. The van der Waals surface area contributed by atoms with Crippen molar-refractivity contribution in [2.75, 3.05) is 5.32 Å². The molecule has 1 aromatic carbocycles. The number of hydrogen-bond acceptors (Lipinski definition) is 2. The zero-order valence-corrected chi connectivity index (χ0v) is 9.51. The molecule has 0 aliphatic heterocycles. The minimum atomic E-state index is -0.428. The number of rotatable bonds is 3. The third-order valence-electron chi connectivity index (χ3n) is 2.18. The number of hydrogen-bond donors (Lipinski definition) is 1. The first kappa shape index (κ1) is 11.0. The van der Waals surface area contributed by atoms with Crippen LogP contribution in [-0.4, -0.2) is 0 Å². The van der Waals surface area contributed by atoms with Gasteiger partial charge in [-0.2, -0.15) is 0 Å². The van der Waals surface area contributed by atoms with E-state index in [-0.39, 0.29) is 5.02 Å². The number of halogens is 2. The summed E-state index contributed by atoms with van der Waals surface area (Å²) < 4.78 is 18.5. The summed E-state index contributed by atoms with van der Waals surface area (Å²) in [4.78, 5) is 0. The van der Waals surface area contributed by atoms with Gasteiger partial charge in [-0.25, -0.2) is 4.39 Å². The number of nitrogens with one attached hydrogen (secondary N) is 1. The molecule has 16 heavy (non-hydrogen) atoms. The van der Waals surface area contributed by atoms with E-state index in [1.807, 2.05) is 19.1 Å². The Hall–Kier alpha value is -1.48. The summed E-state index contributed by atoms with van der Waals surface area (Å²) in [6.45, 7) is 2.40. The molecule has 0 bridgehead atoms. The maximum absolute atomic E-state index is 13.1. The third-order valence-corrected chi connectivity index (χ3v) is 2.49. The predicted molar refractivity (Wildman–Crippen MR) is 62.2 cm³/mol. The van der Waals surface area contributed by atoms with E-state index in [4.69, 9.17) is 16.0 Å². The lowest BCUT2D eigenvalue weighted by Gasteiger charge is -2.04.